The van der Waals surface area contributed by atoms with Gasteiger partial charge in [0.2, 0.25) is 0 Å². The summed E-state index contributed by atoms with van der Waals surface area (Å²) in [6.07, 6.45) is 0.329. The van der Waals surface area contributed by atoms with Crippen LogP contribution in [-0.4, -0.2) is 130 Å². The molecular formula is C32H42N5O15P. The highest BCUT2D eigenvalue weighted by Crippen LogP contribution is 2.43. The van der Waals surface area contributed by atoms with Gasteiger partial charge < -0.3 is 39.7 Å². The molecule has 0 aromatic carbocycles. The minimum atomic E-state index is -3.91. The van der Waals surface area contributed by atoms with Crippen molar-refractivity contribution in [1.29, 1.82) is 0 Å². The number of hydrogen-bond acceptors (Lipinski definition) is 13. The van der Waals surface area contributed by atoms with Gasteiger partial charge in [-0.15, -0.1) is 0 Å². The molecule has 1 aliphatic heterocycles. The molecule has 2 aromatic heterocycles. The van der Waals surface area contributed by atoms with Gasteiger partial charge in [0.25, 0.3) is 5.56 Å². The van der Waals surface area contributed by atoms with E-state index in [2.05, 4.69) is 16.8 Å². The summed E-state index contributed by atoms with van der Waals surface area (Å²) in [6, 6.07) is 4.24. The summed E-state index contributed by atoms with van der Waals surface area (Å²) in [5, 5.41) is 46.5. The first kappa shape index (κ1) is 42.7. The number of ether oxygens (including phenoxy) is 1. The van der Waals surface area contributed by atoms with Crippen molar-refractivity contribution in [2.24, 2.45) is 0 Å². The third-order valence-corrected chi connectivity index (χ3v) is 8.31. The molecule has 0 amide bonds. The van der Waals surface area contributed by atoms with E-state index in [4.69, 9.17) is 9.26 Å². The zero-order chi connectivity index (χ0) is 39.3. The summed E-state index contributed by atoms with van der Waals surface area (Å²) in [5.41, 5.74) is -0.346. The summed E-state index contributed by atoms with van der Waals surface area (Å²) in [4.78, 5) is 87.1. The summed E-state index contributed by atoms with van der Waals surface area (Å²) in [5.74, 6) is 0.866. The van der Waals surface area contributed by atoms with Crippen LogP contribution in [0.1, 0.15) is 55.3 Å². The van der Waals surface area contributed by atoms with Gasteiger partial charge in [0.1, 0.15) is 12.3 Å². The van der Waals surface area contributed by atoms with E-state index in [1.807, 2.05) is 0 Å². The molecule has 0 saturated carbocycles. The molecule has 3 rings (SSSR count). The number of aliphatic hydroxyl groups excluding tert-OH is 1. The van der Waals surface area contributed by atoms with E-state index >= 15 is 0 Å². The Morgan fingerprint density at radius 1 is 0.943 bits per heavy atom. The van der Waals surface area contributed by atoms with Crippen molar-refractivity contribution < 1.29 is 63.4 Å². The third-order valence-electron chi connectivity index (χ3n) is 7.65. The Hall–Kier alpha value is -4.74. The zero-order valence-electron chi connectivity index (χ0n) is 28.8. The number of aliphatic carboxylic acids is 4. The number of aliphatic hydroxyl groups is 1. The van der Waals surface area contributed by atoms with Gasteiger partial charge >= 0.3 is 37.2 Å². The minimum Gasteiger partial charge on any atom is -0.480 e. The highest BCUT2D eigenvalue weighted by Gasteiger charge is 2.40. The number of aromatic nitrogens is 3. The first-order valence-electron chi connectivity index (χ1n) is 16.3. The topological polar surface area (TPSA) is 289 Å². The van der Waals surface area contributed by atoms with Gasteiger partial charge in [0.15, 0.2) is 0 Å². The van der Waals surface area contributed by atoms with Gasteiger partial charge in [-0.2, -0.15) is 0 Å². The number of hydrogen-bond donors (Lipinski definition) is 6. The van der Waals surface area contributed by atoms with E-state index in [1.54, 1.807) is 0 Å². The molecule has 0 aliphatic carbocycles. The highest BCUT2D eigenvalue weighted by atomic mass is 31.2. The van der Waals surface area contributed by atoms with Crippen LogP contribution in [0.2, 0.25) is 0 Å². The SMILES string of the molecule is CP(=O)(O)O[C@@H]1C[C@H](n2ccc(=O)n(CCCCCC#Cc3cc(CN(CC(=O)O)CC(=O)O)nc(CN(CC(=O)O)CC(=O)O)c3)c2=O)O[C@@H]1CO. The predicted octanol–water partition coefficient (Wildman–Crippen LogP) is -0.560. The molecule has 21 heteroatoms. The first-order valence-corrected chi connectivity index (χ1v) is 18.3. The Bertz CT molecular complexity index is 1780. The van der Waals surface area contributed by atoms with E-state index in [1.165, 1.54) is 29.0 Å². The summed E-state index contributed by atoms with van der Waals surface area (Å²) >= 11 is 0. The number of rotatable bonds is 21. The lowest BCUT2D eigenvalue weighted by molar-refractivity contribution is -0.144. The van der Waals surface area contributed by atoms with Gasteiger partial charge in [-0.1, -0.05) is 18.3 Å². The molecular weight excluding hydrogens is 725 g/mol. The molecule has 290 valence electrons. The first-order chi connectivity index (χ1) is 24.9. The van der Waals surface area contributed by atoms with Crippen LogP contribution in [0.3, 0.4) is 0 Å². The van der Waals surface area contributed by atoms with Crippen LogP contribution >= 0.6 is 7.60 Å². The quantitative estimate of drug-likeness (QED) is 0.0527. The Balaban J connectivity index is 1.69. The molecule has 20 nitrogen and oxygen atoms in total. The van der Waals surface area contributed by atoms with E-state index in [9.17, 15) is 63.8 Å². The third kappa shape index (κ3) is 14.7. The lowest BCUT2D eigenvalue weighted by Gasteiger charge is -2.20. The van der Waals surface area contributed by atoms with Crippen molar-refractivity contribution in [1.82, 2.24) is 23.9 Å². The van der Waals surface area contributed by atoms with Crippen LogP contribution in [0.25, 0.3) is 0 Å². The lowest BCUT2D eigenvalue weighted by Crippen LogP contribution is -2.40. The smallest absolute Gasteiger partial charge is 0.333 e. The molecule has 6 N–H and O–H groups in total. The maximum Gasteiger partial charge on any atom is 0.333 e. The molecule has 1 saturated heterocycles. The fourth-order valence-corrected chi connectivity index (χ4v) is 6.35. The maximum absolute atomic E-state index is 13.2. The standard InChI is InChI=1S/C32H42N5O15P/c1-53(49,50)52-24-13-27(51-25(24)20-38)37-10-8-26(39)36(32(37)48)9-6-4-2-3-5-7-21-11-22(14-34(16-28(40)41)17-29(42)43)33-23(12-21)15-35(18-30(44)45)19-31(46)47/h8,10-12,24-25,27,38H,2-4,6,9,13-20H2,1H3,(H,40,41)(H,42,43)(H,44,45)(H,46,47)(H,49,50)/t24-,25-,27-/m1/s1. The monoisotopic (exact) mass is 767 g/mol. The van der Waals surface area contributed by atoms with E-state index in [-0.39, 0.29) is 37.4 Å². The fourth-order valence-electron chi connectivity index (χ4n) is 5.62. The average Bonchev–Trinajstić information content (AvgIpc) is 3.41. The summed E-state index contributed by atoms with van der Waals surface area (Å²) in [7, 11) is -3.91. The number of pyridine rings is 1. The molecule has 3 heterocycles. The van der Waals surface area contributed by atoms with Gasteiger partial charge in [-0.05, 0) is 25.0 Å². The van der Waals surface area contributed by atoms with Crippen LogP contribution in [-0.2, 0) is 52.6 Å². The largest absolute Gasteiger partial charge is 0.480 e. The molecule has 0 bridgehead atoms. The van der Waals surface area contributed by atoms with Gasteiger partial charge in [0, 0.05) is 57.0 Å². The van der Waals surface area contributed by atoms with Crippen molar-refractivity contribution in [3.8, 4) is 11.8 Å². The Morgan fingerprint density at radius 2 is 1.49 bits per heavy atom. The van der Waals surface area contributed by atoms with E-state index in [0.29, 0.717) is 31.2 Å². The minimum absolute atomic E-state index is 0.00723. The number of carbonyl (C=O) groups is 4. The van der Waals surface area contributed by atoms with Gasteiger partial charge in [-0.3, -0.25) is 52.5 Å². The molecule has 1 fully saturated rings. The fraction of sp³-hybridized carbons (Fsp3) is 0.531. The van der Waals surface area contributed by atoms with Gasteiger partial charge in [-0.25, -0.2) is 4.79 Å². The lowest BCUT2D eigenvalue weighted by atomic mass is 10.1. The second-order valence-electron chi connectivity index (χ2n) is 12.3. The van der Waals surface area contributed by atoms with Gasteiger partial charge in [0.05, 0.1) is 50.3 Å². The zero-order valence-corrected chi connectivity index (χ0v) is 29.7. The molecule has 53 heavy (non-hydrogen) atoms. The van der Waals surface area contributed by atoms with Crippen molar-refractivity contribution in [2.75, 3.05) is 39.5 Å². The highest BCUT2D eigenvalue weighted by molar-refractivity contribution is 7.51. The van der Waals surface area contributed by atoms with Crippen LogP contribution < -0.4 is 11.2 Å². The molecule has 0 spiro atoms. The van der Waals surface area contributed by atoms with Crippen molar-refractivity contribution in [3.05, 3.63) is 62.2 Å². The maximum atomic E-state index is 13.2. The number of carboxylic acids is 4. The second-order valence-corrected chi connectivity index (χ2v) is 14.1. The number of carboxylic acid groups (broad SMARTS) is 4. The Kier molecular flexibility index (Phi) is 16.0. The molecule has 1 aliphatic rings. The predicted molar refractivity (Wildman–Crippen MR) is 182 cm³/mol. The van der Waals surface area contributed by atoms with Crippen molar-refractivity contribution in [2.45, 2.75) is 70.2 Å². The molecule has 4 atom stereocenters. The van der Waals surface area contributed by atoms with Crippen LogP contribution in [0.15, 0.2) is 34.0 Å². The van der Waals surface area contributed by atoms with Crippen LogP contribution in [0, 0.1) is 11.8 Å². The normalized spacial score (nSPS) is 18.0. The van der Waals surface area contributed by atoms with Crippen molar-refractivity contribution in [3.63, 3.8) is 0 Å². The Morgan fingerprint density at radius 3 is 1.98 bits per heavy atom. The van der Waals surface area contributed by atoms with E-state index in [0.717, 1.165) is 21.0 Å². The number of unbranched alkanes of at least 4 members (excludes halogenated alkanes) is 3. The molecule has 0 radical (unpaired) electrons. The van der Waals surface area contributed by atoms with Crippen molar-refractivity contribution >= 4 is 31.5 Å². The molecule has 1 unspecified atom stereocenters. The van der Waals surface area contributed by atoms with Crippen LogP contribution in [0.4, 0.5) is 0 Å². The Labute approximate surface area is 302 Å². The van der Waals surface area contributed by atoms with E-state index < -0.39 is 93.9 Å². The average molecular weight is 768 g/mol. The summed E-state index contributed by atoms with van der Waals surface area (Å²) < 4.78 is 24.7. The second kappa shape index (κ2) is 19.9. The van der Waals surface area contributed by atoms with Crippen LogP contribution in [0.5, 0.6) is 0 Å². The summed E-state index contributed by atoms with van der Waals surface area (Å²) in [6.45, 7) is -2.26. The molecule has 2 aromatic rings. The number of nitrogens with zero attached hydrogens (tertiary/aromatic N) is 5.